The Morgan fingerprint density at radius 1 is 1.16 bits per heavy atom. The molecule has 0 atom stereocenters. The molecule has 0 unspecified atom stereocenters. The van der Waals surface area contributed by atoms with Crippen molar-refractivity contribution in [3.63, 3.8) is 0 Å². The summed E-state index contributed by atoms with van der Waals surface area (Å²) < 4.78 is 0.557. The fraction of sp³-hybridized carbons (Fsp3) is 0.625. The van der Waals surface area contributed by atoms with Crippen LogP contribution >= 0.6 is 11.8 Å². The van der Waals surface area contributed by atoms with Crippen LogP contribution in [0.4, 0.5) is 5.69 Å². The normalized spacial score (nSPS) is 16.4. The zero-order valence-electron chi connectivity index (χ0n) is 12.4. The molecule has 1 aliphatic carbocycles. The van der Waals surface area contributed by atoms with Crippen molar-refractivity contribution in [1.29, 1.82) is 0 Å². The minimum atomic E-state index is 0.557. The van der Waals surface area contributed by atoms with Crippen LogP contribution in [0.25, 0.3) is 0 Å². The molecule has 106 valence electrons. The molecule has 1 fully saturated rings. The third-order valence-corrected chi connectivity index (χ3v) is 5.50. The van der Waals surface area contributed by atoms with Crippen molar-refractivity contribution < 1.29 is 0 Å². The standard InChI is InChI=1S/C16H26N2S/c1-4-18(5-2)15-8-6-14(7-9-15)12-17-13-16(19-3)10-11-16/h6-9,17H,4-5,10-13H2,1-3H3. The second-order valence-electron chi connectivity index (χ2n) is 5.33. The van der Waals surface area contributed by atoms with Gasteiger partial charge in [0, 0.05) is 36.6 Å². The predicted octanol–water partition coefficient (Wildman–Crippen LogP) is 3.52. The van der Waals surface area contributed by atoms with Gasteiger partial charge in [0.05, 0.1) is 0 Å². The van der Waals surface area contributed by atoms with E-state index in [9.17, 15) is 0 Å². The summed E-state index contributed by atoms with van der Waals surface area (Å²) in [5.41, 5.74) is 2.71. The zero-order chi connectivity index (χ0) is 13.7. The van der Waals surface area contributed by atoms with E-state index in [2.05, 4.69) is 54.6 Å². The Morgan fingerprint density at radius 2 is 1.79 bits per heavy atom. The predicted molar refractivity (Wildman–Crippen MR) is 87.2 cm³/mol. The SMILES string of the molecule is CCN(CC)c1ccc(CNCC2(SC)CC2)cc1. The van der Waals surface area contributed by atoms with Gasteiger partial charge in [-0.25, -0.2) is 0 Å². The van der Waals surface area contributed by atoms with E-state index < -0.39 is 0 Å². The largest absolute Gasteiger partial charge is 0.372 e. The van der Waals surface area contributed by atoms with Crippen LogP contribution in [0.5, 0.6) is 0 Å². The lowest BCUT2D eigenvalue weighted by atomic mass is 10.2. The van der Waals surface area contributed by atoms with Gasteiger partial charge in [0.2, 0.25) is 0 Å². The van der Waals surface area contributed by atoms with Gasteiger partial charge in [-0.1, -0.05) is 12.1 Å². The lowest BCUT2D eigenvalue weighted by Crippen LogP contribution is -2.25. The monoisotopic (exact) mass is 278 g/mol. The van der Waals surface area contributed by atoms with Crippen molar-refractivity contribution >= 4 is 17.4 Å². The molecular formula is C16H26N2S. The summed E-state index contributed by atoms with van der Waals surface area (Å²) >= 11 is 2.02. The Morgan fingerprint density at radius 3 is 2.26 bits per heavy atom. The van der Waals surface area contributed by atoms with Crippen molar-refractivity contribution in [3.05, 3.63) is 29.8 Å². The summed E-state index contributed by atoms with van der Waals surface area (Å²) in [5.74, 6) is 0. The fourth-order valence-corrected chi connectivity index (χ4v) is 3.20. The molecule has 2 rings (SSSR count). The lowest BCUT2D eigenvalue weighted by Gasteiger charge is -2.21. The van der Waals surface area contributed by atoms with Gasteiger partial charge in [-0.2, -0.15) is 11.8 Å². The summed E-state index contributed by atoms with van der Waals surface area (Å²) in [4.78, 5) is 2.38. The third kappa shape index (κ3) is 3.90. The molecule has 0 radical (unpaired) electrons. The van der Waals surface area contributed by atoms with Gasteiger partial charge >= 0.3 is 0 Å². The molecule has 0 spiro atoms. The van der Waals surface area contributed by atoms with Crippen LogP contribution in [0.3, 0.4) is 0 Å². The van der Waals surface area contributed by atoms with Crippen molar-refractivity contribution in [1.82, 2.24) is 5.32 Å². The Hall–Kier alpha value is -0.670. The maximum absolute atomic E-state index is 3.60. The first-order valence-electron chi connectivity index (χ1n) is 7.33. The van der Waals surface area contributed by atoms with Crippen LogP contribution in [0.15, 0.2) is 24.3 Å². The van der Waals surface area contributed by atoms with Gasteiger partial charge in [-0.05, 0) is 50.6 Å². The van der Waals surface area contributed by atoms with Crippen molar-refractivity contribution in [2.45, 2.75) is 38.0 Å². The summed E-state index contributed by atoms with van der Waals surface area (Å²) in [5, 5.41) is 3.60. The average Bonchev–Trinajstić information content (AvgIpc) is 3.22. The van der Waals surface area contributed by atoms with Crippen LogP contribution in [0.1, 0.15) is 32.3 Å². The Bertz CT molecular complexity index is 380. The Balaban J connectivity index is 1.81. The Kier molecular flexibility index (Phi) is 5.17. The van der Waals surface area contributed by atoms with Gasteiger partial charge in [-0.3, -0.25) is 0 Å². The van der Waals surface area contributed by atoms with Crippen molar-refractivity contribution in [3.8, 4) is 0 Å². The van der Waals surface area contributed by atoms with Crippen LogP contribution in [0, 0.1) is 0 Å². The van der Waals surface area contributed by atoms with Gasteiger partial charge in [0.15, 0.2) is 0 Å². The molecule has 1 aliphatic rings. The summed E-state index contributed by atoms with van der Waals surface area (Å²) in [6, 6.07) is 8.98. The van der Waals surface area contributed by atoms with Crippen LogP contribution in [-0.2, 0) is 6.54 Å². The number of rotatable bonds is 8. The molecule has 0 amide bonds. The van der Waals surface area contributed by atoms with E-state index in [1.807, 2.05) is 11.8 Å². The fourth-order valence-electron chi connectivity index (χ4n) is 2.44. The van der Waals surface area contributed by atoms with Gasteiger partial charge in [0.25, 0.3) is 0 Å². The van der Waals surface area contributed by atoms with Gasteiger partial charge in [0.1, 0.15) is 0 Å². The first-order valence-corrected chi connectivity index (χ1v) is 8.55. The molecule has 0 aliphatic heterocycles. The van der Waals surface area contributed by atoms with Gasteiger partial charge in [-0.15, -0.1) is 0 Å². The number of nitrogens with one attached hydrogen (secondary N) is 1. The number of benzene rings is 1. The minimum Gasteiger partial charge on any atom is -0.372 e. The van der Waals surface area contributed by atoms with Crippen LogP contribution in [0.2, 0.25) is 0 Å². The topological polar surface area (TPSA) is 15.3 Å². The van der Waals surface area contributed by atoms with Crippen LogP contribution < -0.4 is 10.2 Å². The number of thioether (sulfide) groups is 1. The lowest BCUT2D eigenvalue weighted by molar-refractivity contribution is 0.663. The van der Waals surface area contributed by atoms with Gasteiger partial charge < -0.3 is 10.2 Å². The highest BCUT2D eigenvalue weighted by molar-refractivity contribution is 8.00. The highest BCUT2D eigenvalue weighted by atomic mass is 32.2. The zero-order valence-corrected chi connectivity index (χ0v) is 13.2. The quantitative estimate of drug-likeness (QED) is 0.783. The molecule has 2 nitrogen and oxygen atoms in total. The first-order chi connectivity index (χ1) is 9.23. The molecule has 1 N–H and O–H groups in total. The second kappa shape index (κ2) is 6.67. The number of anilines is 1. The van der Waals surface area contributed by atoms with E-state index >= 15 is 0 Å². The molecule has 3 heteroatoms. The van der Waals surface area contributed by atoms with E-state index in [0.29, 0.717) is 4.75 Å². The Labute approximate surface area is 122 Å². The number of nitrogens with zero attached hydrogens (tertiary/aromatic N) is 1. The number of hydrogen-bond acceptors (Lipinski definition) is 3. The highest BCUT2D eigenvalue weighted by Crippen LogP contribution is 2.46. The van der Waals surface area contributed by atoms with E-state index in [0.717, 1.165) is 26.2 Å². The molecule has 1 saturated carbocycles. The van der Waals surface area contributed by atoms with E-state index in [-0.39, 0.29) is 0 Å². The third-order valence-electron chi connectivity index (χ3n) is 4.08. The average molecular weight is 278 g/mol. The summed E-state index contributed by atoms with van der Waals surface area (Å²) in [6.45, 7) is 8.69. The smallest absolute Gasteiger partial charge is 0.0366 e. The molecular weight excluding hydrogens is 252 g/mol. The molecule has 0 heterocycles. The first kappa shape index (κ1) is 14.7. The maximum Gasteiger partial charge on any atom is 0.0366 e. The second-order valence-corrected chi connectivity index (χ2v) is 6.60. The van der Waals surface area contributed by atoms with Crippen LogP contribution in [-0.4, -0.2) is 30.6 Å². The summed E-state index contributed by atoms with van der Waals surface area (Å²) in [6.07, 6.45) is 4.98. The molecule has 19 heavy (non-hydrogen) atoms. The molecule has 1 aromatic carbocycles. The van der Waals surface area contributed by atoms with E-state index in [1.54, 1.807) is 0 Å². The molecule has 0 saturated heterocycles. The molecule has 0 bridgehead atoms. The van der Waals surface area contributed by atoms with Crippen molar-refractivity contribution in [2.75, 3.05) is 30.8 Å². The summed E-state index contributed by atoms with van der Waals surface area (Å²) in [7, 11) is 0. The minimum absolute atomic E-state index is 0.557. The van der Waals surface area contributed by atoms with E-state index in [4.69, 9.17) is 0 Å². The highest BCUT2D eigenvalue weighted by Gasteiger charge is 2.41. The number of hydrogen-bond donors (Lipinski definition) is 1. The maximum atomic E-state index is 3.60. The van der Waals surface area contributed by atoms with Crippen molar-refractivity contribution in [2.24, 2.45) is 0 Å². The molecule has 0 aromatic heterocycles. The van der Waals surface area contributed by atoms with E-state index in [1.165, 1.54) is 24.1 Å². The molecule has 1 aromatic rings.